The Balaban J connectivity index is 1.48. The number of carbonyl (C=O) groups excluding carboxylic acids is 1. The number of sulfonamides is 1. The Morgan fingerprint density at radius 3 is 2.68 bits per heavy atom. The average molecular weight is 365 g/mol. The van der Waals surface area contributed by atoms with E-state index < -0.39 is 15.4 Å². The lowest BCUT2D eigenvalue weighted by Gasteiger charge is -2.36. The number of rotatable bonds is 5. The van der Waals surface area contributed by atoms with E-state index in [1.54, 1.807) is 12.1 Å². The highest BCUT2D eigenvalue weighted by Crippen LogP contribution is 2.64. The summed E-state index contributed by atoms with van der Waals surface area (Å²) >= 11 is 0. The van der Waals surface area contributed by atoms with Crippen LogP contribution in [0.3, 0.4) is 0 Å². The van der Waals surface area contributed by atoms with Gasteiger partial charge in [-0.2, -0.15) is 0 Å². The smallest absolute Gasteiger partial charge is 0.231 e. The highest BCUT2D eigenvalue weighted by molar-refractivity contribution is 7.89. The molecule has 0 radical (unpaired) electrons. The number of carbonyl (C=O) groups is 1. The molecule has 136 valence electrons. The molecule has 3 aliphatic rings. The van der Waals surface area contributed by atoms with Gasteiger partial charge in [0.2, 0.25) is 16.8 Å². The molecule has 1 aliphatic heterocycles. The van der Waals surface area contributed by atoms with Crippen molar-refractivity contribution < 1.29 is 22.7 Å². The second kappa shape index (κ2) is 5.45. The van der Waals surface area contributed by atoms with Crippen LogP contribution in [-0.4, -0.2) is 26.7 Å². The maximum atomic E-state index is 12.7. The minimum absolute atomic E-state index is 0.113. The summed E-state index contributed by atoms with van der Waals surface area (Å²) in [7, 11) is -3.57. The van der Waals surface area contributed by atoms with Crippen molar-refractivity contribution in [3.05, 3.63) is 23.8 Å². The number of nitrogens with one attached hydrogen (secondary N) is 1. The second-order valence-electron chi connectivity index (χ2n) is 7.93. The van der Waals surface area contributed by atoms with Gasteiger partial charge in [0, 0.05) is 18.4 Å². The third kappa shape index (κ3) is 2.56. The van der Waals surface area contributed by atoms with Crippen LogP contribution >= 0.6 is 0 Å². The lowest BCUT2D eigenvalue weighted by atomic mass is 9.70. The Kier molecular flexibility index (Phi) is 3.67. The van der Waals surface area contributed by atoms with E-state index in [2.05, 4.69) is 4.72 Å². The molecule has 1 N–H and O–H groups in total. The molecule has 0 unspecified atom stereocenters. The second-order valence-corrected chi connectivity index (χ2v) is 9.74. The molecule has 1 aromatic carbocycles. The highest BCUT2D eigenvalue weighted by atomic mass is 32.2. The SMILES string of the molecule is CC1(C)[C@H]2CC[C@@]1(CS(=O)(=O)NCc1ccc3c(c1)OCO3)C(=O)C2. The molecule has 2 aliphatic carbocycles. The zero-order chi connectivity index (χ0) is 17.9. The first kappa shape index (κ1) is 16.8. The molecule has 25 heavy (non-hydrogen) atoms. The fraction of sp³-hybridized carbons (Fsp3) is 0.611. The Morgan fingerprint density at radius 2 is 2.00 bits per heavy atom. The Bertz CT molecular complexity index is 832. The maximum Gasteiger partial charge on any atom is 0.231 e. The summed E-state index contributed by atoms with van der Waals surface area (Å²) < 4.78 is 38.6. The quantitative estimate of drug-likeness (QED) is 0.865. The van der Waals surface area contributed by atoms with Gasteiger partial charge in [-0.05, 0) is 41.9 Å². The number of Topliss-reactive ketones (excluding diaryl/α,β-unsaturated/α-hetero) is 1. The summed E-state index contributed by atoms with van der Waals surface area (Å²) in [5, 5.41) is 0. The fourth-order valence-electron chi connectivity index (χ4n) is 4.73. The van der Waals surface area contributed by atoms with Gasteiger partial charge in [-0.3, -0.25) is 4.79 Å². The largest absolute Gasteiger partial charge is 0.454 e. The third-order valence-corrected chi connectivity index (χ3v) is 7.97. The number of benzene rings is 1. The van der Waals surface area contributed by atoms with Crippen molar-refractivity contribution in [2.24, 2.45) is 16.7 Å². The predicted octanol–water partition coefficient (Wildman–Crippen LogP) is 2.23. The molecule has 0 saturated heterocycles. The molecule has 0 amide bonds. The van der Waals surface area contributed by atoms with Gasteiger partial charge in [-0.15, -0.1) is 0 Å². The minimum Gasteiger partial charge on any atom is -0.454 e. The van der Waals surface area contributed by atoms with Crippen molar-refractivity contribution in [1.82, 2.24) is 4.72 Å². The number of ketones is 1. The van der Waals surface area contributed by atoms with Gasteiger partial charge < -0.3 is 9.47 Å². The Hall–Kier alpha value is -1.60. The lowest BCUT2D eigenvalue weighted by Crippen LogP contribution is -2.45. The van der Waals surface area contributed by atoms with Crippen molar-refractivity contribution in [3.8, 4) is 11.5 Å². The molecule has 0 aromatic heterocycles. The van der Waals surface area contributed by atoms with Gasteiger partial charge in [0.05, 0.1) is 5.75 Å². The number of ether oxygens (including phenoxy) is 2. The third-order valence-electron chi connectivity index (χ3n) is 6.51. The van der Waals surface area contributed by atoms with E-state index in [-0.39, 0.29) is 30.3 Å². The summed E-state index contributed by atoms with van der Waals surface area (Å²) in [6, 6.07) is 5.36. The summed E-state index contributed by atoms with van der Waals surface area (Å²) in [6.45, 7) is 4.45. The summed E-state index contributed by atoms with van der Waals surface area (Å²) in [5.41, 5.74) is -0.192. The molecule has 1 aromatic rings. The van der Waals surface area contributed by atoms with Crippen LogP contribution < -0.4 is 14.2 Å². The zero-order valence-corrected chi connectivity index (χ0v) is 15.3. The summed E-state index contributed by atoms with van der Waals surface area (Å²) in [5.74, 6) is 1.60. The Morgan fingerprint density at radius 1 is 1.24 bits per heavy atom. The van der Waals surface area contributed by atoms with Crippen molar-refractivity contribution in [2.75, 3.05) is 12.5 Å². The van der Waals surface area contributed by atoms with E-state index in [9.17, 15) is 13.2 Å². The van der Waals surface area contributed by atoms with Gasteiger partial charge in [0.1, 0.15) is 5.78 Å². The Labute approximate surface area is 147 Å². The number of fused-ring (bicyclic) bond motifs is 3. The lowest BCUT2D eigenvalue weighted by molar-refractivity contribution is -0.128. The van der Waals surface area contributed by atoms with Crippen molar-refractivity contribution in [2.45, 2.75) is 39.7 Å². The van der Waals surface area contributed by atoms with Gasteiger partial charge in [-0.1, -0.05) is 19.9 Å². The van der Waals surface area contributed by atoms with Crippen LogP contribution in [0.2, 0.25) is 0 Å². The van der Waals surface area contributed by atoms with E-state index in [1.807, 2.05) is 19.9 Å². The van der Waals surface area contributed by atoms with Crippen molar-refractivity contribution in [1.29, 1.82) is 0 Å². The fourth-order valence-corrected chi connectivity index (χ4v) is 6.54. The molecule has 6 nitrogen and oxygen atoms in total. The van der Waals surface area contributed by atoms with Crippen LogP contribution in [0.1, 0.15) is 38.7 Å². The van der Waals surface area contributed by atoms with Crippen LogP contribution in [0.5, 0.6) is 11.5 Å². The predicted molar refractivity (Wildman–Crippen MR) is 91.8 cm³/mol. The minimum atomic E-state index is -3.57. The van der Waals surface area contributed by atoms with Crippen molar-refractivity contribution >= 4 is 15.8 Å². The molecular weight excluding hydrogens is 342 g/mol. The summed E-state index contributed by atoms with van der Waals surface area (Å²) in [4.78, 5) is 12.5. The van der Waals surface area contributed by atoms with Crippen LogP contribution in [0, 0.1) is 16.7 Å². The van der Waals surface area contributed by atoms with Crippen LogP contribution in [0.4, 0.5) is 0 Å². The first-order valence-electron chi connectivity index (χ1n) is 8.63. The van der Waals surface area contributed by atoms with Gasteiger partial charge in [0.15, 0.2) is 11.5 Å². The van der Waals surface area contributed by atoms with Crippen LogP contribution in [-0.2, 0) is 21.4 Å². The normalized spacial score (nSPS) is 29.4. The van der Waals surface area contributed by atoms with Crippen molar-refractivity contribution in [3.63, 3.8) is 0 Å². The van der Waals surface area contributed by atoms with E-state index in [1.165, 1.54) is 0 Å². The zero-order valence-electron chi connectivity index (χ0n) is 14.5. The molecule has 2 fully saturated rings. The molecule has 0 spiro atoms. The molecule has 2 saturated carbocycles. The maximum absolute atomic E-state index is 12.7. The molecule has 7 heteroatoms. The topological polar surface area (TPSA) is 81.7 Å². The molecular formula is C18H23NO5S. The van der Waals surface area contributed by atoms with E-state index in [4.69, 9.17) is 9.47 Å². The van der Waals surface area contributed by atoms with Gasteiger partial charge in [-0.25, -0.2) is 13.1 Å². The number of hydrogen-bond donors (Lipinski definition) is 1. The average Bonchev–Trinajstić information content (AvgIpc) is 3.15. The molecule has 2 atom stereocenters. The van der Waals surface area contributed by atoms with Gasteiger partial charge >= 0.3 is 0 Å². The highest BCUT2D eigenvalue weighted by Gasteiger charge is 2.65. The van der Waals surface area contributed by atoms with Crippen LogP contribution in [0.25, 0.3) is 0 Å². The monoisotopic (exact) mass is 365 g/mol. The van der Waals surface area contributed by atoms with Gasteiger partial charge in [0.25, 0.3) is 0 Å². The number of hydrogen-bond acceptors (Lipinski definition) is 5. The first-order chi connectivity index (χ1) is 11.7. The molecule has 4 rings (SSSR count). The molecule has 2 bridgehead atoms. The standard InChI is InChI=1S/C18H23NO5S/c1-17(2)13-5-6-18(17,16(20)8-13)10-25(21,22)19-9-12-3-4-14-15(7-12)24-11-23-14/h3-4,7,13,19H,5-6,8-11H2,1-2H3/t13-,18+/m0/s1. The molecule has 1 heterocycles. The van der Waals surface area contributed by atoms with E-state index in [0.29, 0.717) is 30.3 Å². The van der Waals surface area contributed by atoms with Crippen LogP contribution in [0.15, 0.2) is 18.2 Å². The first-order valence-corrected chi connectivity index (χ1v) is 10.3. The van der Waals surface area contributed by atoms with E-state index in [0.717, 1.165) is 12.0 Å². The van der Waals surface area contributed by atoms with E-state index >= 15 is 0 Å². The summed E-state index contributed by atoms with van der Waals surface area (Å²) in [6.07, 6.45) is 2.13.